The van der Waals surface area contributed by atoms with Gasteiger partial charge >= 0.3 is 0 Å². The van der Waals surface area contributed by atoms with Crippen molar-refractivity contribution in [3.05, 3.63) is 0 Å². The Bertz CT molecular complexity index is 207. The van der Waals surface area contributed by atoms with Crippen molar-refractivity contribution in [3.63, 3.8) is 0 Å². The molecule has 0 aliphatic heterocycles. The molecular formula is C18H40N2. The Morgan fingerprint density at radius 2 is 1.45 bits per heavy atom. The van der Waals surface area contributed by atoms with Crippen LogP contribution in [0.4, 0.5) is 0 Å². The second-order valence-corrected chi connectivity index (χ2v) is 5.99. The fourth-order valence-corrected chi connectivity index (χ4v) is 3.74. The van der Waals surface area contributed by atoms with Crippen LogP contribution in [0.15, 0.2) is 0 Å². The SMILES string of the molecule is CCCCCC(NCCC)C(CC)(CC)N(CC)CC. The van der Waals surface area contributed by atoms with Crippen LogP contribution in [-0.2, 0) is 0 Å². The largest absolute Gasteiger partial charge is 0.312 e. The van der Waals surface area contributed by atoms with E-state index in [4.69, 9.17) is 0 Å². The Kier molecular flexibility index (Phi) is 11.5. The Balaban J connectivity index is 5.04. The second-order valence-electron chi connectivity index (χ2n) is 5.99. The van der Waals surface area contributed by atoms with Crippen molar-refractivity contribution in [1.82, 2.24) is 10.2 Å². The summed E-state index contributed by atoms with van der Waals surface area (Å²) in [6.45, 7) is 17.4. The van der Waals surface area contributed by atoms with Crippen molar-refractivity contribution in [2.24, 2.45) is 0 Å². The lowest BCUT2D eigenvalue weighted by molar-refractivity contribution is 0.0452. The van der Waals surface area contributed by atoms with Crippen molar-refractivity contribution in [2.45, 2.75) is 98.1 Å². The maximum Gasteiger partial charge on any atom is 0.0357 e. The number of nitrogens with one attached hydrogen (secondary N) is 1. The highest BCUT2D eigenvalue weighted by molar-refractivity contribution is 4.98. The molecule has 0 aromatic carbocycles. The van der Waals surface area contributed by atoms with E-state index >= 15 is 0 Å². The van der Waals surface area contributed by atoms with Crippen LogP contribution in [0, 0.1) is 0 Å². The molecule has 0 radical (unpaired) electrons. The highest BCUT2D eigenvalue weighted by atomic mass is 15.2. The molecule has 1 N–H and O–H groups in total. The van der Waals surface area contributed by atoms with E-state index in [1.54, 1.807) is 0 Å². The van der Waals surface area contributed by atoms with Crippen LogP contribution in [0.5, 0.6) is 0 Å². The highest BCUT2D eigenvalue weighted by Gasteiger charge is 2.38. The molecule has 20 heavy (non-hydrogen) atoms. The first kappa shape index (κ1) is 19.9. The molecule has 0 aliphatic rings. The third kappa shape index (κ3) is 5.37. The molecule has 122 valence electrons. The standard InChI is InChI=1S/C18H40N2/c1-7-13-14-15-17(19-16-8-2)18(9-3,10-4)20(11-5)12-6/h17,19H,7-16H2,1-6H3. The first-order chi connectivity index (χ1) is 9.66. The minimum atomic E-state index is 0.340. The molecule has 0 rings (SSSR count). The monoisotopic (exact) mass is 284 g/mol. The lowest BCUT2D eigenvalue weighted by atomic mass is 9.79. The summed E-state index contributed by atoms with van der Waals surface area (Å²) >= 11 is 0. The van der Waals surface area contributed by atoms with Crippen LogP contribution in [-0.4, -0.2) is 36.1 Å². The van der Waals surface area contributed by atoms with Gasteiger partial charge in [0.2, 0.25) is 0 Å². The van der Waals surface area contributed by atoms with Gasteiger partial charge in [-0.05, 0) is 45.3 Å². The number of likely N-dealkylation sites (N-methyl/N-ethyl adjacent to an activating group) is 1. The normalized spacial score (nSPS) is 13.9. The molecule has 2 nitrogen and oxygen atoms in total. The topological polar surface area (TPSA) is 15.3 Å². The van der Waals surface area contributed by atoms with Gasteiger partial charge in [-0.2, -0.15) is 0 Å². The van der Waals surface area contributed by atoms with E-state index in [-0.39, 0.29) is 0 Å². The van der Waals surface area contributed by atoms with Crippen molar-refractivity contribution in [2.75, 3.05) is 19.6 Å². The van der Waals surface area contributed by atoms with Gasteiger partial charge in [0.15, 0.2) is 0 Å². The first-order valence-corrected chi connectivity index (χ1v) is 9.14. The molecule has 0 fully saturated rings. The predicted octanol–water partition coefficient (Wildman–Crippen LogP) is 4.84. The summed E-state index contributed by atoms with van der Waals surface area (Å²) < 4.78 is 0. The Morgan fingerprint density at radius 3 is 1.85 bits per heavy atom. The van der Waals surface area contributed by atoms with E-state index in [2.05, 4.69) is 51.8 Å². The van der Waals surface area contributed by atoms with Gasteiger partial charge in [-0.3, -0.25) is 4.90 Å². The zero-order chi connectivity index (χ0) is 15.4. The van der Waals surface area contributed by atoms with Gasteiger partial charge in [-0.15, -0.1) is 0 Å². The minimum Gasteiger partial charge on any atom is -0.312 e. The lowest BCUT2D eigenvalue weighted by Gasteiger charge is -2.48. The van der Waals surface area contributed by atoms with Crippen molar-refractivity contribution < 1.29 is 0 Å². The minimum absolute atomic E-state index is 0.340. The molecule has 0 heterocycles. The molecule has 0 saturated heterocycles. The fraction of sp³-hybridized carbons (Fsp3) is 1.00. The molecule has 0 spiro atoms. The molecule has 0 aliphatic carbocycles. The van der Waals surface area contributed by atoms with Crippen molar-refractivity contribution >= 4 is 0 Å². The van der Waals surface area contributed by atoms with Gasteiger partial charge < -0.3 is 5.32 Å². The maximum atomic E-state index is 3.88. The quantitative estimate of drug-likeness (QED) is 0.487. The van der Waals surface area contributed by atoms with Gasteiger partial charge in [0.1, 0.15) is 0 Å². The third-order valence-corrected chi connectivity index (χ3v) is 5.00. The van der Waals surface area contributed by atoms with Crippen LogP contribution in [0.1, 0.15) is 86.5 Å². The fourth-order valence-electron chi connectivity index (χ4n) is 3.74. The average molecular weight is 285 g/mol. The predicted molar refractivity (Wildman–Crippen MR) is 92.5 cm³/mol. The van der Waals surface area contributed by atoms with Crippen LogP contribution >= 0.6 is 0 Å². The van der Waals surface area contributed by atoms with Gasteiger partial charge in [-0.1, -0.05) is 60.8 Å². The van der Waals surface area contributed by atoms with Crippen molar-refractivity contribution in [3.8, 4) is 0 Å². The summed E-state index contributed by atoms with van der Waals surface area (Å²) in [6.07, 6.45) is 9.10. The smallest absolute Gasteiger partial charge is 0.0357 e. The summed E-state index contributed by atoms with van der Waals surface area (Å²) in [6, 6.07) is 0.642. The number of hydrogen-bond donors (Lipinski definition) is 1. The average Bonchev–Trinajstić information content (AvgIpc) is 2.49. The van der Waals surface area contributed by atoms with E-state index in [9.17, 15) is 0 Å². The van der Waals surface area contributed by atoms with Gasteiger partial charge in [0.05, 0.1) is 0 Å². The van der Waals surface area contributed by atoms with Gasteiger partial charge in [0.25, 0.3) is 0 Å². The second kappa shape index (κ2) is 11.6. The third-order valence-electron chi connectivity index (χ3n) is 5.00. The number of unbranched alkanes of at least 4 members (excludes halogenated alkanes) is 2. The maximum absolute atomic E-state index is 3.88. The molecule has 1 atom stereocenters. The number of rotatable bonds is 13. The summed E-state index contributed by atoms with van der Waals surface area (Å²) in [4.78, 5) is 2.70. The Labute approximate surface area is 128 Å². The zero-order valence-corrected chi connectivity index (χ0v) is 15.1. The van der Waals surface area contributed by atoms with Crippen LogP contribution < -0.4 is 5.32 Å². The summed E-state index contributed by atoms with van der Waals surface area (Å²) in [7, 11) is 0. The van der Waals surface area contributed by atoms with Gasteiger partial charge in [-0.25, -0.2) is 0 Å². The zero-order valence-electron chi connectivity index (χ0n) is 15.1. The molecule has 0 aromatic heterocycles. The number of hydrogen-bond acceptors (Lipinski definition) is 2. The molecule has 0 amide bonds. The van der Waals surface area contributed by atoms with E-state index in [1.165, 1.54) is 44.9 Å². The summed E-state index contributed by atoms with van der Waals surface area (Å²) in [5.74, 6) is 0. The van der Waals surface area contributed by atoms with E-state index in [1.807, 2.05) is 0 Å². The molecular weight excluding hydrogens is 244 g/mol. The highest BCUT2D eigenvalue weighted by Crippen LogP contribution is 2.31. The van der Waals surface area contributed by atoms with E-state index in [0.717, 1.165) is 19.6 Å². The van der Waals surface area contributed by atoms with Crippen LogP contribution in [0.2, 0.25) is 0 Å². The van der Waals surface area contributed by atoms with Crippen LogP contribution in [0.25, 0.3) is 0 Å². The molecule has 0 aromatic rings. The van der Waals surface area contributed by atoms with Gasteiger partial charge in [0, 0.05) is 11.6 Å². The lowest BCUT2D eigenvalue weighted by Crippen LogP contribution is -2.61. The van der Waals surface area contributed by atoms with E-state index < -0.39 is 0 Å². The molecule has 0 bridgehead atoms. The number of nitrogens with zero attached hydrogens (tertiary/aromatic N) is 1. The first-order valence-electron chi connectivity index (χ1n) is 9.14. The molecule has 1 unspecified atom stereocenters. The summed E-state index contributed by atoms with van der Waals surface area (Å²) in [5, 5.41) is 3.88. The molecule has 0 saturated carbocycles. The Hall–Kier alpha value is -0.0800. The molecule has 2 heteroatoms. The van der Waals surface area contributed by atoms with Crippen molar-refractivity contribution in [1.29, 1.82) is 0 Å². The van der Waals surface area contributed by atoms with E-state index in [0.29, 0.717) is 11.6 Å². The summed E-state index contributed by atoms with van der Waals surface area (Å²) in [5.41, 5.74) is 0.340. The van der Waals surface area contributed by atoms with Crippen LogP contribution in [0.3, 0.4) is 0 Å². The Morgan fingerprint density at radius 1 is 0.850 bits per heavy atom.